The molecule has 0 radical (unpaired) electrons. The summed E-state index contributed by atoms with van der Waals surface area (Å²) in [5, 5.41) is 19.4. The van der Waals surface area contributed by atoms with Crippen LogP contribution in [0.1, 0.15) is 31.8 Å². The van der Waals surface area contributed by atoms with Crippen LogP contribution in [0.25, 0.3) is 0 Å². The molecule has 43 heavy (non-hydrogen) atoms. The standard InChI is InChI=1S/C29H20F6N2O6/c30-28(31,32)27(29(33,34)35,15-1-11-23(21(13-15)25(38)39)42-19-7-3-17(36)4-8-19)16-2-12-24(22(14-16)26(40)41)43-20-9-5-18(37)6-10-20/h1-14H,36-37H2,(H,38,39)(H,40,41). The average Bonchev–Trinajstić information content (AvgIpc) is 2.91. The molecule has 0 fully saturated rings. The van der Waals surface area contributed by atoms with Crippen molar-refractivity contribution in [1.82, 2.24) is 0 Å². The zero-order valence-electron chi connectivity index (χ0n) is 21.5. The molecule has 6 N–H and O–H groups in total. The third kappa shape index (κ3) is 5.84. The Morgan fingerprint density at radius 2 is 0.884 bits per heavy atom. The van der Waals surface area contributed by atoms with Crippen molar-refractivity contribution in [2.75, 3.05) is 11.5 Å². The topological polar surface area (TPSA) is 145 Å². The van der Waals surface area contributed by atoms with Gasteiger partial charge in [-0.2, -0.15) is 26.3 Å². The summed E-state index contributed by atoms with van der Waals surface area (Å²) in [5.74, 6) is -4.88. The van der Waals surface area contributed by atoms with Gasteiger partial charge in [0.1, 0.15) is 34.1 Å². The fraction of sp³-hybridized carbons (Fsp3) is 0.103. The molecular formula is C29H20F6N2O6. The van der Waals surface area contributed by atoms with Crippen molar-refractivity contribution in [3.8, 4) is 23.0 Å². The molecule has 0 amide bonds. The van der Waals surface area contributed by atoms with E-state index in [0.29, 0.717) is 35.6 Å². The van der Waals surface area contributed by atoms with Gasteiger partial charge in [-0.25, -0.2) is 9.59 Å². The fourth-order valence-corrected chi connectivity index (χ4v) is 4.35. The monoisotopic (exact) mass is 606 g/mol. The lowest BCUT2D eigenvalue weighted by molar-refractivity contribution is -0.288. The summed E-state index contributed by atoms with van der Waals surface area (Å²) in [7, 11) is 0. The minimum Gasteiger partial charge on any atom is -0.478 e. The van der Waals surface area contributed by atoms with E-state index in [1.54, 1.807) is 0 Å². The summed E-state index contributed by atoms with van der Waals surface area (Å²) in [6.07, 6.45) is -12.3. The predicted molar refractivity (Wildman–Crippen MR) is 142 cm³/mol. The Bertz CT molecular complexity index is 1540. The molecule has 0 aromatic heterocycles. The van der Waals surface area contributed by atoms with E-state index in [-0.39, 0.29) is 23.6 Å². The first-order chi connectivity index (χ1) is 20.0. The first-order valence-electron chi connectivity index (χ1n) is 12.0. The molecule has 0 atom stereocenters. The number of anilines is 2. The highest BCUT2D eigenvalue weighted by Crippen LogP contribution is 2.57. The van der Waals surface area contributed by atoms with Crippen LogP contribution in [-0.4, -0.2) is 34.5 Å². The molecule has 0 saturated heterocycles. The zero-order valence-corrected chi connectivity index (χ0v) is 21.5. The maximum absolute atomic E-state index is 14.8. The summed E-state index contributed by atoms with van der Waals surface area (Å²) in [6, 6.07) is 13.3. The van der Waals surface area contributed by atoms with Crippen LogP contribution in [0.5, 0.6) is 23.0 Å². The van der Waals surface area contributed by atoms with Crippen LogP contribution in [0.15, 0.2) is 84.9 Å². The van der Waals surface area contributed by atoms with Gasteiger partial charge in [0.2, 0.25) is 5.41 Å². The van der Waals surface area contributed by atoms with E-state index in [0.717, 1.165) is 0 Å². The number of ether oxygens (including phenoxy) is 2. The Balaban J connectivity index is 1.93. The molecule has 0 saturated carbocycles. The predicted octanol–water partition coefficient (Wildman–Crippen LogP) is 7.24. The molecule has 0 aliphatic heterocycles. The molecule has 4 rings (SSSR count). The Morgan fingerprint density at radius 1 is 0.558 bits per heavy atom. The molecule has 0 aliphatic rings. The Kier molecular flexibility index (Phi) is 7.90. The highest BCUT2D eigenvalue weighted by molar-refractivity contribution is 5.92. The van der Waals surface area contributed by atoms with Crippen molar-refractivity contribution < 1.29 is 55.6 Å². The number of rotatable bonds is 8. The van der Waals surface area contributed by atoms with Crippen LogP contribution >= 0.6 is 0 Å². The molecule has 0 aliphatic carbocycles. The second-order valence-corrected chi connectivity index (χ2v) is 9.12. The van der Waals surface area contributed by atoms with Crippen molar-refractivity contribution in [2.24, 2.45) is 0 Å². The molecule has 0 unspecified atom stereocenters. The summed E-state index contributed by atoms with van der Waals surface area (Å²) in [5.41, 5.74) is 1.78. The summed E-state index contributed by atoms with van der Waals surface area (Å²) >= 11 is 0. The summed E-state index contributed by atoms with van der Waals surface area (Å²) < 4.78 is 99.5. The number of nitrogen functional groups attached to an aromatic ring is 2. The van der Waals surface area contributed by atoms with Gasteiger partial charge in [-0.05, 0) is 83.9 Å². The number of benzene rings is 4. The van der Waals surface area contributed by atoms with Crippen LogP contribution in [0.2, 0.25) is 0 Å². The molecule has 4 aromatic rings. The van der Waals surface area contributed by atoms with Crippen molar-refractivity contribution in [2.45, 2.75) is 17.8 Å². The SMILES string of the molecule is Nc1ccc(Oc2ccc(C(c3ccc(Oc4ccc(N)cc4)c(C(=O)O)c3)(C(F)(F)F)C(F)(F)F)cc2C(=O)O)cc1. The molecule has 224 valence electrons. The van der Waals surface area contributed by atoms with Gasteiger partial charge >= 0.3 is 24.3 Å². The Morgan fingerprint density at radius 3 is 1.16 bits per heavy atom. The number of carboxylic acids is 2. The van der Waals surface area contributed by atoms with Crippen molar-refractivity contribution in [3.05, 3.63) is 107 Å². The van der Waals surface area contributed by atoms with Crippen molar-refractivity contribution >= 4 is 23.3 Å². The van der Waals surface area contributed by atoms with Gasteiger partial charge in [0.05, 0.1) is 0 Å². The molecule has 14 heteroatoms. The first kappa shape index (κ1) is 30.6. The number of hydrogen-bond donors (Lipinski definition) is 4. The van der Waals surface area contributed by atoms with Crippen molar-refractivity contribution in [3.63, 3.8) is 0 Å². The van der Waals surface area contributed by atoms with Gasteiger partial charge in [-0.1, -0.05) is 12.1 Å². The van der Waals surface area contributed by atoms with Gasteiger partial charge in [0, 0.05) is 11.4 Å². The number of alkyl halides is 6. The van der Waals surface area contributed by atoms with Crippen molar-refractivity contribution in [1.29, 1.82) is 0 Å². The van der Waals surface area contributed by atoms with E-state index in [4.69, 9.17) is 20.9 Å². The normalized spacial score (nSPS) is 12.0. The largest absolute Gasteiger partial charge is 0.478 e. The highest BCUT2D eigenvalue weighted by Gasteiger charge is 2.72. The number of carbonyl (C=O) groups is 2. The minimum atomic E-state index is -6.14. The maximum atomic E-state index is 14.8. The van der Waals surface area contributed by atoms with E-state index in [1.165, 1.54) is 48.5 Å². The lowest BCUT2D eigenvalue weighted by Crippen LogP contribution is -2.55. The van der Waals surface area contributed by atoms with Crippen LogP contribution < -0.4 is 20.9 Å². The number of carboxylic acid groups (broad SMARTS) is 2. The molecule has 0 heterocycles. The van der Waals surface area contributed by atoms with E-state index >= 15 is 0 Å². The second-order valence-electron chi connectivity index (χ2n) is 9.12. The quantitative estimate of drug-likeness (QED) is 0.121. The van der Waals surface area contributed by atoms with Crippen LogP contribution in [0, 0.1) is 0 Å². The smallest absolute Gasteiger partial charge is 0.411 e. The maximum Gasteiger partial charge on any atom is 0.411 e. The van der Waals surface area contributed by atoms with Crippen LogP contribution in [0.4, 0.5) is 37.7 Å². The van der Waals surface area contributed by atoms with E-state index in [2.05, 4.69) is 0 Å². The molecule has 4 aromatic carbocycles. The van der Waals surface area contributed by atoms with Gasteiger partial charge in [-0.15, -0.1) is 0 Å². The molecular weight excluding hydrogens is 586 g/mol. The Hall–Kier alpha value is -5.40. The number of halogens is 6. The molecule has 0 bridgehead atoms. The van der Waals surface area contributed by atoms with Gasteiger partial charge in [0.15, 0.2) is 0 Å². The number of hydrogen-bond acceptors (Lipinski definition) is 6. The number of nitrogens with two attached hydrogens (primary N) is 2. The van der Waals surface area contributed by atoms with Crippen LogP contribution in [-0.2, 0) is 5.41 Å². The minimum absolute atomic E-state index is 0.00477. The van der Waals surface area contributed by atoms with E-state index in [1.807, 2.05) is 0 Å². The van der Waals surface area contributed by atoms with E-state index in [9.17, 15) is 46.1 Å². The lowest BCUT2D eigenvalue weighted by Gasteiger charge is -2.38. The fourth-order valence-electron chi connectivity index (χ4n) is 4.35. The lowest BCUT2D eigenvalue weighted by atomic mass is 9.72. The van der Waals surface area contributed by atoms with E-state index < -0.39 is 63.5 Å². The zero-order chi connectivity index (χ0) is 31.7. The third-order valence-electron chi connectivity index (χ3n) is 6.35. The Labute approximate surface area is 238 Å². The van der Waals surface area contributed by atoms with Gasteiger partial charge in [0.25, 0.3) is 0 Å². The van der Waals surface area contributed by atoms with Gasteiger partial charge < -0.3 is 31.2 Å². The van der Waals surface area contributed by atoms with Gasteiger partial charge in [-0.3, -0.25) is 0 Å². The number of aromatic carboxylic acids is 2. The molecule has 0 spiro atoms. The average molecular weight is 606 g/mol. The summed E-state index contributed by atoms with van der Waals surface area (Å²) in [4.78, 5) is 24.0. The third-order valence-corrected chi connectivity index (χ3v) is 6.35. The first-order valence-corrected chi connectivity index (χ1v) is 12.0. The second kappa shape index (κ2) is 11.1. The molecule has 8 nitrogen and oxygen atoms in total. The highest BCUT2D eigenvalue weighted by atomic mass is 19.4. The van der Waals surface area contributed by atoms with Crippen LogP contribution in [0.3, 0.4) is 0 Å². The summed E-state index contributed by atoms with van der Waals surface area (Å²) in [6.45, 7) is 0.